The Morgan fingerprint density at radius 2 is 1.41 bits per heavy atom. The van der Waals surface area contributed by atoms with Crippen LogP contribution >= 0.6 is 7.82 Å². The van der Waals surface area contributed by atoms with E-state index in [2.05, 4.69) is 30.5 Å². The van der Waals surface area contributed by atoms with Crippen molar-refractivity contribution in [3.05, 3.63) is 12.2 Å². The summed E-state index contributed by atoms with van der Waals surface area (Å²) in [6.45, 7) is 5.19. The van der Waals surface area contributed by atoms with Gasteiger partial charge in [0.25, 0.3) is 0 Å². The zero-order chi connectivity index (χ0) is 25.5. The number of rotatable bonds is 23. The fraction of sp³-hybridized carbons (Fsp3) is 0.840. The first kappa shape index (κ1) is 32.8. The van der Waals surface area contributed by atoms with Crippen LogP contribution in [0.3, 0.4) is 0 Å². The summed E-state index contributed by atoms with van der Waals surface area (Å²) >= 11 is 0. The topological polar surface area (TPSA) is 108 Å². The van der Waals surface area contributed by atoms with Gasteiger partial charge in [-0.05, 0) is 39.0 Å². The molecule has 0 aromatic rings. The van der Waals surface area contributed by atoms with Crippen LogP contribution in [0.4, 0.5) is 0 Å². The average Bonchev–Trinajstić information content (AvgIpc) is 2.79. The van der Waals surface area contributed by atoms with Crippen molar-refractivity contribution in [2.45, 2.75) is 117 Å². The number of phosphoric ester groups is 1. The maximum Gasteiger partial charge on any atom is 0.472 e. The molecule has 2 atom stereocenters. The number of carbonyl (C=O) groups is 2. The number of phosphoric acid groups is 1. The molecule has 9 heteroatoms. The maximum atomic E-state index is 12.2. The number of unbranched alkanes of at least 4 members (excludes halogenated alkanes) is 9. The van der Waals surface area contributed by atoms with Gasteiger partial charge < -0.3 is 14.4 Å². The predicted molar refractivity (Wildman–Crippen MR) is 133 cm³/mol. The van der Waals surface area contributed by atoms with E-state index in [1.54, 1.807) is 6.92 Å². The van der Waals surface area contributed by atoms with Crippen molar-refractivity contribution in [2.24, 2.45) is 0 Å². The molecule has 1 unspecified atom stereocenters. The molecule has 0 spiro atoms. The Morgan fingerprint density at radius 1 is 0.794 bits per heavy atom. The van der Waals surface area contributed by atoms with Gasteiger partial charge in [0.05, 0.1) is 13.2 Å². The van der Waals surface area contributed by atoms with E-state index in [1.807, 2.05) is 0 Å². The molecule has 0 radical (unpaired) electrons. The summed E-state index contributed by atoms with van der Waals surface area (Å²) in [6, 6.07) is 0. The van der Waals surface area contributed by atoms with Gasteiger partial charge in [-0.3, -0.25) is 18.6 Å². The van der Waals surface area contributed by atoms with Crippen LogP contribution in [0.25, 0.3) is 0 Å². The van der Waals surface area contributed by atoms with Gasteiger partial charge in [0.1, 0.15) is 6.61 Å². The standard InChI is InChI=1S/C25H47O8P/c1-4-7-9-11-12-13-14-16-18-20-25(27)33-23(22-32-34(28,29)31-6-3)21-30-24(26)19-17-15-10-8-5-2/h7,9,23H,4-6,8,10-22H2,1-3H3,(H,28,29)/b9-7+/t23-/m1/s1. The van der Waals surface area contributed by atoms with Crippen molar-refractivity contribution < 1.29 is 37.6 Å². The molecular weight excluding hydrogens is 459 g/mol. The molecular formula is C25H47O8P. The third-order valence-corrected chi connectivity index (χ3v) is 6.14. The quantitative estimate of drug-likeness (QED) is 0.0710. The Hall–Kier alpha value is -1.21. The van der Waals surface area contributed by atoms with E-state index in [0.29, 0.717) is 6.42 Å². The second-order valence-corrected chi connectivity index (χ2v) is 9.78. The highest BCUT2D eigenvalue weighted by Crippen LogP contribution is 2.43. The molecule has 0 aliphatic carbocycles. The summed E-state index contributed by atoms with van der Waals surface area (Å²) in [4.78, 5) is 33.8. The Morgan fingerprint density at radius 3 is 2.06 bits per heavy atom. The zero-order valence-corrected chi connectivity index (χ0v) is 22.4. The molecule has 0 heterocycles. The minimum absolute atomic E-state index is 0.000139. The lowest BCUT2D eigenvalue weighted by Crippen LogP contribution is -2.29. The zero-order valence-electron chi connectivity index (χ0n) is 21.5. The highest BCUT2D eigenvalue weighted by Gasteiger charge is 2.25. The maximum absolute atomic E-state index is 12.2. The van der Waals surface area contributed by atoms with E-state index in [9.17, 15) is 19.0 Å². The normalized spacial score (nSPS) is 14.1. The lowest BCUT2D eigenvalue weighted by Gasteiger charge is -2.19. The Kier molecular flexibility index (Phi) is 21.5. The molecule has 1 N–H and O–H groups in total. The Labute approximate surface area is 206 Å². The SMILES string of the molecule is CC/C=C/CCCCCCCC(=O)O[C@H](COC(=O)CCCCCCC)COP(=O)(O)OCC. The second-order valence-electron chi connectivity index (χ2n) is 8.33. The van der Waals surface area contributed by atoms with E-state index < -0.39 is 26.5 Å². The molecule has 34 heavy (non-hydrogen) atoms. The average molecular weight is 507 g/mol. The lowest BCUT2D eigenvalue weighted by molar-refractivity contribution is -0.161. The number of ether oxygens (including phenoxy) is 2. The van der Waals surface area contributed by atoms with Gasteiger partial charge in [0, 0.05) is 12.8 Å². The minimum Gasteiger partial charge on any atom is -0.462 e. The smallest absolute Gasteiger partial charge is 0.462 e. The van der Waals surface area contributed by atoms with E-state index in [-0.39, 0.29) is 32.0 Å². The molecule has 0 aromatic heterocycles. The van der Waals surface area contributed by atoms with Crippen LogP contribution in [0.2, 0.25) is 0 Å². The van der Waals surface area contributed by atoms with Crippen molar-refractivity contribution in [3.8, 4) is 0 Å². The Balaban J connectivity index is 4.36. The molecule has 0 aliphatic rings. The number of allylic oxidation sites excluding steroid dienone is 2. The second kappa shape index (κ2) is 22.3. The van der Waals surface area contributed by atoms with Crippen molar-refractivity contribution in [3.63, 3.8) is 0 Å². The molecule has 0 rings (SSSR count). The van der Waals surface area contributed by atoms with Crippen molar-refractivity contribution >= 4 is 19.8 Å². The van der Waals surface area contributed by atoms with E-state index >= 15 is 0 Å². The highest BCUT2D eigenvalue weighted by molar-refractivity contribution is 7.47. The number of carbonyl (C=O) groups excluding carboxylic acids is 2. The number of hydrogen-bond donors (Lipinski definition) is 1. The lowest BCUT2D eigenvalue weighted by atomic mass is 10.1. The van der Waals surface area contributed by atoms with Crippen LogP contribution in [0.5, 0.6) is 0 Å². The molecule has 0 bridgehead atoms. The minimum atomic E-state index is -4.25. The summed E-state index contributed by atoms with van der Waals surface area (Å²) in [5, 5.41) is 0. The monoisotopic (exact) mass is 506 g/mol. The Bertz CT molecular complexity index is 593. The summed E-state index contributed by atoms with van der Waals surface area (Å²) in [5.41, 5.74) is 0. The van der Waals surface area contributed by atoms with Gasteiger partial charge in [-0.25, -0.2) is 4.57 Å². The van der Waals surface area contributed by atoms with Crippen LogP contribution in [-0.4, -0.2) is 42.8 Å². The first-order valence-corrected chi connectivity index (χ1v) is 14.5. The van der Waals surface area contributed by atoms with Gasteiger partial charge in [-0.1, -0.05) is 70.9 Å². The van der Waals surface area contributed by atoms with Crippen LogP contribution in [-0.2, 0) is 32.7 Å². The molecule has 0 saturated carbocycles. The molecule has 0 fully saturated rings. The molecule has 0 aromatic carbocycles. The fourth-order valence-corrected chi connectivity index (χ4v) is 3.97. The van der Waals surface area contributed by atoms with E-state index in [0.717, 1.165) is 70.6 Å². The van der Waals surface area contributed by atoms with Gasteiger partial charge in [0.2, 0.25) is 0 Å². The van der Waals surface area contributed by atoms with Crippen LogP contribution < -0.4 is 0 Å². The van der Waals surface area contributed by atoms with E-state index in [4.69, 9.17) is 14.0 Å². The van der Waals surface area contributed by atoms with Crippen molar-refractivity contribution in [2.75, 3.05) is 19.8 Å². The highest BCUT2D eigenvalue weighted by atomic mass is 31.2. The van der Waals surface area contributed by atoms with Gasteiger partial charge >= 0.3 is 19.8 Å². The first-order chi connectivity index (χ1) is 16.3. The third-order valence-electron chi connectivity index (χ3n) is 5.08. The van der Waals surface area contributed by atoms with Gasteiger partial charge in [0.15, 0.2) is 6.10 Å². The van der Waals surface area contributed by atoms with Gasteiger partial charge in [-0.2, -0.15) is 0 Å². The number of esters is 2. The molecule has 8 nitrogen and oxygen atoms in total. The van der Waals surface area contributed by atoms with Crippen LogP contribution in [0.1, 0.15) is 111 Å². The van der Waals surface area contributed by atoms with Crippen LogP contribution in [0, 0.1) is 0 Å². The summed E-state index contributed by atoms with van der Waals surface area (Å²) in [6.07, 6.45) is 16.1. The largest absolute Gasteiger partial charge is 0.472 e. The molecule has 0 saturated heterocycles. The summed E-state index contributed by atoms with van der Waals surface area (Å²) in [5.74, 6) is -0.831. The fourth-order valence-electron chi connectivity index (χ4n) is 3.22. The van der Waals surface area contributed by atoms with Crippen molar-refractivity contribution in [1.29, 1.82) is 0 Å². The molecule has 200 valence electrons. The van der Waals surface area contributed by atoms with E-state index in [1.165, 1.54) is 0 Å². The van der Waals surface area contributed by atoms with Gasteiger partial charge in [-0.15, -0.1) is 0 Å². The number of hydrogen-bond acceptors (Lipinski definition) is 7. The molecule has 0 aliphatic heterocycles. The van der Waals surface area contributed by atoms with Crippen molar-refractivity contribution in [1.82, 2.24) is 0 Å². The van der Waals surface area contributed by atoms with Crippen LogP contribution in [0.15, 0.2) is 12.2 Å². The summed E-state index contributed by atoms with van der Waals surface area (Å²) < 4.78 is 31.9. The summed E-state index contributed by atoms with van der Waals surface area (Å²) in [7, 11) is -4.25. The third kappa shape index (κ3) is 21.3. The predicted octanol–water partition coefficient (Wildman–Crippen LogP) is 6.65. The first-order valence-electron chi connectivity index (χ1n) is 13.0. The molecule has 0 amide bonds.